The minimum Gasteiger partial charge on any atom is -0.378 e. The quantitative estimate of drug-likeness (QED) is 0.485. The average Bonchev–Trinajstić information content (AvgIpc) is 2.73. The average molecular weight is 382 g/mol. The van der Waals surface area contributed by atoms with Gasteiger partial charge in [-0.05, 0) is 12.1 Å². The molecular weight excluding hydrogens is 360 g/mol. The van der Waals surface area contributed by atoms with Crippen LogP contribution in [0.15, 0.2) is 35.5 Å². The Hall–Kier alpha value is -3.24. The van der Waals surface area contributed by atoms with Gasteiger partial charge in [0.15, 0.2) is 0 Å². The highest BCUT2D eigenvalue weighted by atomic mass is 16.5. The zero-order valence-electron chi connectivity index (χ0n) is 15.3. The van der Waals surface area contributed by atoms with Gasteiger partial charge in [-0.3, -0.25) is 4.79 Å². The van der Waals surface area contributed by atoms with Crippen molar-refractivity contribution in [3.63, 3.8) is 0 Å². The van der Waals surface area contributed by atoms with Crippen LogP contribution in [0.1, 0.15) is 0 Å². The molecule has 10 nitrogen and oxygen atoms in total. The number of morpholine rings is 1. The van der Waals surface area contributed by atoms with Crippen LogP contribution in [0.2, 0.25) is 0 Å². The second-order valence-corrected chi connectivity index (χ2v) is 6.33. The van der Waals surface area contributed by atoms with Crippen molar-refractivity contribution in [3.8, 4) is 0 Å². The number of nitrogens with one attached hydrogen (secondary N) is 3. The Bertz CT molecular complexity index is 999. The summed E-state index contributed by atoms with van der Waals surface area (Å²) in [5.74, 6) is 1.90. The zero-order valence-corrected chi connectivity index (χ0v) is 15.3. The molecule has 0 radical (unpaired) electrons. The molecular formula is C18H22N8O2. The number of aromatic nitrogens is 4. The summed E-state index contributed by atoms with van der Waals surface area (Å²) in [6.45, 7) is 4.09. The molecule has 0 aliphatic carbocycles. The highest BCUT2D eigenvalue weighted by Gasteiger charge is 2.14. The van der Waals surface area contributed by atoms with Crippen molar-refractivity contribution >= 4 is 34.0 Å². The first-order valence-electron chi connectivity index (χ1n) is 9.13. The number of aromatic amines is 1. The molecule has 3 aromatic heterocycles. The molecule has 0 bridgehead atoms. The number of pyridine rings is 2. The second-order valence-electron chi connectivity index (χ2n) is 6.33. The SMILES string of the molecule is NCCNc1cc2nc[nH]c(=O)c2c(Nc2ccc(N3CCOCC3)nc2)n1. The molecule has 0 unspecified atom stereocenters. The molecule has 0 amide bonds. The zero-order chi connectivity index (χ0) is 19.3. The minimum atomic E-state index is -0.261. The highest BCUT2D eigenvalue weighted by Crippen LogP contribution is 2.24. The van der Waals surface area contributed by atoms with Crippen LogP contribution in [0, 0.1) is 0 Å². The summed E-state index contributed by atoms with van der Waals surface area (Å²) in [6.07, 6.45) is 3.10. The summed E-state index contributed by atoms with van der Waals surface area (Å²) in [7, 11) is 0. The lowest BCUT2D eigenvalue weighted by atomic mass is 10.2. The monoisotopic (exact) mass is 382 g/mol. The summed E-state index contributed by atoms with van der Waals surface area (Å²) in [5.41, 5.74) is 6.56. The molecule has 1 saturated heterocycles. The van der Waals surface area contributed by atoms with Crippen LogP contribution in [0.3, 0.4) is 0 Å². The molecule has 1 fully saturated rings. The number of nitrogens with zero attached hydrogens (tertiary/aromatic N) is 4. The molecule has 3 aromatic rings. The van der Waals surface area contributed by atoms with Crippen LogP contribution >= 0.6 is 0 Å². The van der Waals surface area contributed by atoms with E-state index in [1.807, 2.05) is 12.1 Å². The van der Waals surface area contributed by atoms with Gasteiger partial charge in [-0.1, -0.05) is 0 Å². The lowest BCUT2D eigenvalue weighted by molar-refractivity contribution is 0.122. The Kier molecular flexibility index (Phi) is 5.31. The van der Waals surface area contributed by atoms with Gasteiger partial charge in [0.1, 0.15) is 22.8 Å². The van der Waals surface area contributed by atoms with Gasteiger partial charge in [0, 0.05) is 32.2 Å². The first-order valence-corrected chi connectivity index (χ1v) is 9.13. The molecule has 1 aliphatic rings. The fraction of sp³-hybridized carbons (Fsp3) is 0.333. The van der Waals surface area contributed by atoms with E-state index in [1.165, 1.54) is 6.33 Å². The minimum absolute atomic E-state index is 0.261. The van der Waals surface area contributed by atoms with E-state index in [-0.39, 0.29) is 5.56 Å². The van der Waals surface area contributed by atoms with E-state index in [9.17, 15) is 4.79 Å². The number of hydrogen-bond acceptors (Lipinski definition) is 9. The smallest absolute Gasteiger partial charge is 0.262 e. The van der Waals surface area contributed by atoms with E-state index in [0.29, 0.717) is 48.8 Å². The van der Waals surface area contributed by atoms with Crippen molar-refractivity contribution < 1.29 is 4.74 Å². The maximum absolute atomic E-state index is 12.3. The summed E-state index contributed by atoms with van der Waals surface area (Å²) in [5, 5.41) is 6.70. The summed E-state index contributed by atoms with van der Waals surface area (Å²) >= 11 is 0. The Morgan fingerprint density at radius 3 is 2.86 bits per heavy atom. The van der Waals surface area contributed by atoms with Gasteiger partial charge in [0.25, 0.3) is 5.56 Å². The topological polar surface area (TPSA) is 134 Å². The van der Waals surface area contributed by atoms with Gasteiger partial charge in [-0.15, -0.1) is 0 Å². The maximum atomic E-state index is 12.3. The van der Waals surface area contributed by atoms with E-state index >= 15 is 0 Å². The molecule has 146 valence electrons. The largest absolute Gasteiger partial charge is 0.378 e. The lowest BCUT2D eigenvalue weighted by Crippen LogP contribution is -2.36. The first kappa shape index (κ1) is 18.1. The maximum Gasteiger partial charge on any atom is 0.262 e. The van der Waals surface area contributed by atoms with Gasteiger partial charge in [-0.2, -0.15) is 0 Å². The lowest BCUT2D eigenvalue weighted by Gasteiger charge is -2.27. The fourth-order valence-corrected chi connectivity index (χ4v) is 3.05. The van der Waals surface area contributed by atoms with Crippen molar-refractivity contribution in [1.82, 2.24) is 19.9 Å². The Morgan fingerprint density at radius 1 is 1.25 bits per heavy atom. The van der Waals surface area contributed by atoms with E-state index in [2.05, 4.69) is 35.5 Å². The number of anilines is 4. The van der Waals surface area contributed by atoms with Gasteiger partial charge in [0.05, 0.1) is 36.9 Å². The standard InChI is InChI=1S/C18H22N8O2/c19-3-4-20-14-9-13-16(18(27)23-11-22-13)17(25-14)24-12-1-2-15(21-10-12)26-5-7-28-8-6-26/h1-2,9-11H,3-8,19H2,(H2,20,24,25)(H,22,23,27). The van der Waals surface area contributed by atoms with Crippen molar-refractivity contribution in [2.45, 2.75) is 0 Å². The molecule has 0 aromatic carbocycles. The molecule has 0 spiro atoms. The van der Waals surface area contributed by atoms with E-state index in [1.54, 1.807) is 12.3 Å². The number of H-pyrrole nitrogens is 1. The Labute approximate surface area is 161 Å². The summed E-state index contributed by atoms with van der Waals surface area (Å²) < 4.78 is 5.37. The van der Waals surface area contributed by atoms with E-state index in [4.69, 9.17) is 10.5 Å². The van der Waals surface area contributed by atoms with E-state index < -0.39 is 0 Å². The number of ether oxygens (including phenoxy) is 1. The molecule has 4 heterocycles. The predicted octanol–water partition coefficient (Wildman–Crippen LogP) is 0.664. The van der Waals surface area contributed by atoms with Gasteiger partial charge in [-0.25, -0.2) is 15.0 Å². The number of rotatable bonds is 6. The second kappa shape index (κ2) is 8.19. The first-order chi connectivity index (χ1) is 13.7. The Balaban J connectivity index is 1.63. The fourth-order valence-electron chi connectivity index (χ4n) is 3.05. The third-order valence-corrected chi connectivity index (χ3v) is 4.42. The van der Waals surface area contributed by atoms with Crippen LogP contribution in [0.5, 0.6) is 0 Å². The molecule has 28 heavy (non-hydrogen) atoms. The molecule has 0 atom stereocenters. The Morgan fingerprint density at radius 2 is 2.11 bits per heavy atom. The van der Waals surface area contributed by atoms with Crippen molar-refractivity contribution in [2.24, 2.45) is 5.73 Å². The number of fused-ring (bicyclic) bond motifs is 1. The van der Waals surface area contributed by atoms with Gasteiger partial charge in [0.2, 0.25) is 0 Å². The van der Waals surface area contributed by atoms with E-state index in [0.717, 1.165) is 24.6 Å². The van der Waals surface area contributed by atoms with Crippen molar-refractivity contribution in [1.29, 1.82) is 0 Å². The molecule has 0 saturated carbocycles. The van der Waals surface area contributed by atoms with Crippen molar-refractivity contribution in [3.05, 3.63) is 41.1 Å². The molecule has 5 N–H and O–H groups in total. The summed E-state index contributed by atoms with van der Waals surface area (Å²) in [6, 6.07) is 5.58. The number of nitrogens with two attached hydrogens (primary N) is 1. The van der Waals surface area contributed by atoms with Crippen LogP contribution in [0.4, 0.5) is 23.1 Å². The van der Waals surface area contributed by atoms with Crippen LogP contribution in [0.25, 0.3) is 10.9 Å². The predicted molar refractivity (Wildman–Crippen MR) is 108 cm³/mol. The van der Waals surface area contributed by atoms with Crippen LogP contribution in [-0.2, 0) is 4.74 Å². The molecule has 10 heteroatoms. The molecule has 4 rings (SSSR count). The van der Waals surface area contributed by atoms with Crippen LogP contribution < -0.4 is 26.8 Å². The normalized spacial score (nSPS) is 14.2. The molecule has 1 aliphatic heterocycles. The third-order valence-electron chi connectivity index (χ3n) is 4.42. The highest BCUT2D eigenvalue weighted by molar-refractivity contribution is 5.91. The van der Waals surface area contributed by atoms with Gasteiger partial charge < -0.3 is 31.0 Å². The number of hydrogen-bond donors (Lipinski definition) is 4. The van der Waals surface area contributed by atoms with Gasteiger partial charge >= 0.3 is 0 Å². The van der Waals surface area contributed by atoms with Crippen LogP contribution in [-0.4, -0.2) is 59.3 Å². The third kappa shape index (κ3) is 3.87. The summed E-state index contributed by atoms with van der Waals surface area (Å²) in [4.78, 5) is 30.4. The van der Waals surface area contributed by atoms with Crippen molar-refractivity contribution in [2.75, 3.05) is 54.9 Å².